The van der Waals surface area contributed by atoms with Gasteiger partial charge in [-0.15, -0.1) is 0 Å². The Hall–Kier alpha value is -2.22. The summed E-state index contributed by atoms with van der Waals surface area (Å²) < 4.78 is 0. The lowest BCUT2D eigenvalue weighted by Crippen LogP contribution is -2.33. The van der Waals surface area contributed by atoms with Gasteiger partial charge in [-0.25, -0.2) is 20.1 Å². The van der Waals surface area contributed by atoms with Crippen molar-refractivity contribution in [1.29, 1.82) is 0 Å². The van der Waals surface area contributed by atoms with Crippen molar-refractivity contribution in [3.8, 4) is 0 Å². The molecule has 0 spiro atoms. The second-order valence-electron chi connectivity index (χ2n) is 3.83. The van der Waals surface area contributed by atoms with E-state index in [2.05, 4.69) is 15.2 Å². The lowest BCUT2D eigenvalue weighted by Gasteiger charge is -2.15. The summed E-state index contributed by atoms with van der Waals surface area (Å²) in [6.45, 7) is 2.21. The van der Waals surface area contributed by atoms with Crippen molar-refractivity contribution < 1.29 is 5.03 Å². The molecule has 0 aliphatic heterocycles. The molecule has 8 nitrogen and oxygen atoms in total. The minimum atomic E-state index is -0.863. The van der Waals surface area contributed by atoms with E-state index in [0.29, 0.717) is 5.15 Å². The number of rotatable bonds is 6. The average molecular weight is 299 g/mol. The fourth-order valence-electron chi connectivity index (χ4n) is 1.27. The molecule has 0 saturated carbocycles. The normalized spacial score (nSPS) is 11.8. The van der Waals surface area contributed by atoms with E-state index >= 15 is 0 Å². The zero-order valence-corrected chi connectivity index (χ0v) is 11.7. The van der Waals surface area contributed by atoms with Crippen LogP contribution in [-0.4, -0.2) is 27.2 Å². The minimum Gasteiger partial charge on any atom is -0.363 e. The molecule has 0 radical (unpaired) electrons. The van der Waals surface area contributed by atoms with E-state index in [0.717, 1.165) is 18.4 Å². The first-order valence-corrected chi connectivity index (χ1v) is 6.29. The van der Waals surface area contributed by atoms with Crippen LogP contribution in [0.3, 0.4) is 0 Å². The average Bonchev–Trinajstić information content (AvgIpc) is 2.39. The van der Waals surface area contributed by atoms with E-state index in [1.165, 1.54) is 5.01 Å². The first-order valence-electron chi connectivity index (χ1n) is 5.91. The highest BCUT2D eigenvalue weighted by Crippen LogP contribution is 2.08. The molecule has 0 aliphatic carbocycles. The van der Waals surface area contributed by atoms with Gasteiger partial charge in [-0.3, -0.25) is 0 Å². The fraction of sp³-hybridized carbons (Fsp3) is 0.364. The van der Waals surface area contributed by atoms with Gasteiger partial charge in [-0.2, -0.15) is 5.10 Å². The highest BCUT2D eigenvalue weighted by molar-refractivity contribution is 6.29. The maximum absolute atomic E-state index is 10.4. The predicted octanol–water partition coefficient (Wildman–Crippen LogP) is 1.83. The lowest BCUT2D eigenvalue weighted by molar-refractivity contribution is -0.485. The molecule has 20 heavy (non-hydrogen) atoms. The summed E-state index contributed by atoms with van der Waals surface area (Å²) >= 11 is 5.69. The number of pyridine rings is 1. The molecule has 0 fully saturated rings. The molecule has 0 aliphatic rings. The van der Waals surface area contributed by atoms with Crippen molar-refractivity contribution in [3.63, 3.8) is 0 Å². The number of guanidine groups is 1. The minimum absolute atomic E-state index is 0.216. The molecule has 0 unspecified atom stereocenters. The second kappa shape index (κ2) is 8.05. The van der Waals surface area contributed by atoms with Crippen LogP contribution in [-0.2, 0) is 6.54 Å². The standard InChI is InChI=1S/C11H15ClN6O2/c1-2-3-6-15-17(11(13)16-18(19)20)8-9-4-5-10(12)14-7-9/h4-7H,2-3,8H2,1H3,(H2,13,16)/b15-6+. The molecular weight excluding hydrogens is 284 g/mol. The summed E-state index contributed by atoms with van der Waals surface area (Å²) in [5.41, 5.74) is 6.31. The van der Waals surface area contributed by atoms with E-state index in [-0.39, 0.29) is 12.5 Å². The Balaban J connectivity index is 2.86. The maximum Gasteiger partial charge on any atom is 0.289 e. The summed E-state index contributed by atoms with van der Waals surface area (Å²) in [6.07, 6.45) is 4.82. The topological polar surface area (TPSA) is 110 Å². The van der Waals surface area contributed by atoms with Gasteiger partial charge in [0.2, 0.25) is 0 Å². The van der Waals surface area contributed by atoms with Gasteiger partial charge in [-0.1, -0.05) is 31.0 Å². The maximum atomic E-state index is 10.4. The summed E-state index contributed by atoms with van der Waals surface area (Å²) in [4.78, 5) is 14.3. The Labute approximate surface area is 121 Å². The Bertz CT molecular complexity index is 502. The molecule has 0 aromatic carbocycles. The van der Waals surface area contributed by atoms with Crippen molar-refractivity contribution in [1.82, 2.24) is 9.99 Å². The van der Waals surface area contributed by atoms with E-state index < -0.39 is 5.03 Å². The molecule has 1 rings (SSSR count). The number of halogens is 1. The number of hydrogen-bond acceptors (Lipinski definition) is 4. The molecule has 2 N–H and O–H groups in total. The Morgan fingerprint density at radius 3 is 2.95 bits per heavy atom. The zero-order valence-electron chi connectivity index (χ0n) is 10.9. The van der Waals surface area contributed by atoms with Crippen LogP contribution in [0.4, 0.5) is 0 Å². The van der Waals surface area contributed by atoms with E-state index in [1.54, 1.807) is 24.5 Å². The Morgan fingerprint density at radius 2 is 2.40 bits per heavy atom. The van der Waals surface area contributed by atoms with E-state index in [9.17, 15) is 10.1 Å². The lowest BCUT2D eigenvalue weighted by atomic mass is 10.3. The molecule has 1 heterocycles. The van der Waals surface area contributed by atoms with Gasteiger partial charge in [0.1, 0.15) is 10.3 Å². The smallest absolute Gasteiger partial charge is 0.289 e. The van der Waals surface area contributed by atoms with E-state index in [4.69, 9.17) is 17.3 Å². The van der Waals surface area contributed by atoms with Crippen molar-refractivity contribution in [3.05, 3.63) is 39.2 Å². The van der Waals surface area contributed by atoms with Crippen molar-refractivity contribution in [2.45, 2.75) is 26.3 Å². The van der Waals surface area contributed by atoms with Gasteiger partial charge in [0.15, 0.2) is 5.03 Å². The molecule has 108 valence electrons. The number of aromatic nitrogens is 1. The summed E-state index contributed by atoms with van der Waals surface area (Å²) in [7, 11) is 0. The van der Waals surface area contributed by atoms with Gasteiger partial charge in [0.25, 0.3) is 5.96 Å². The van der Waals surface area contributed by atoms with Crippen LogP contribution in [0.5, 0.6) is 0 Å². The van der Waals surface area contributed by atoms with Gasteiger partial charge >= 0.3 is 0 Å². The van der Waals surface area contributed by atoms with Gasteiger partial charge in [0, 0.05) is 12.4 Å². The van der Waals surface area contributed by atoms with Crippen molar-refractivity contribution >= 4 is 23.8 Å². The number of nitro groups is 1. The van der Waals surface area contributed by atoms with Crippen LogP contribution < -0.4 is 5.73 Å². The summed E-state index contributed by atoms with van der Waals surface area (Å²) in [5, 5.41) is 18.2. The van der Waals surface area contributed by atoms with Crippen LogP contribution in [0.25, 0.3) is 0 Å². The fourth-order valence-corrected chi connectivity index (χ4v) is 1.39. The van der Waals surface area contributed by atoms with Crippen LogP contribution in [0.2, 0.25) is 5.15 Å². The number of hydrazone groups is 2. The largest absolute Gasteiger partial charge is 0.363 e. The van der Waals surface area contributed by atoms with Crippen molar-refractivity contribution in [2.75, 3.05) is 0 Å². The van der Waals surface area contributed by atoms with Gasteiger partial charge < -0.3 is 5.73 Å². The Morgan fingerprint density at radius 1 is 1.65 bits per heavy atom. The van der Waals surface area contributed by atoms with Crippen LogP contribution >= 0.6 is 11.6 Å². The third-order valence-electron chi connectivity index (χ3n) is 2.21. The number of nitrogens with zero attached hydrogens (tertiary/aromatic N) is 5. The van der Waals surface area contributed by atoms with E-state index in [1.807, 2.05) is 6.92 Å². The van der Waals surface area contributed by atoms with Crippen LogP contribution in [0, 0.1) is 10.1 Å². The number of hydrogen-bond donors (Lipinski definition) is 1. The molecule has 0 amide bonds. The second-order valence-corrected chi connectivity index (χ2v) is 4.22. The molecule has 1 aromatic heterocycles. The van der Waals surface area contributed by atoms with Crippen molar-refractivity contribution in [2.24, 2.45) is 15.9 Å². The first-order chi connectivity index (χ1) is 9.52. The summed E-state index contributed by atoms with van der Waals surface area (Å²) in [5.74, 6) is -0.294. The molecule has 1 aromatic rings. The number of unbranched alkanes of at least 4 members (excludes halogenated alkanes) is 1. The Kier molecular flexibility index (Phi) is 6.38. The molecule has 0 atom stereocenters. The van der Waals surface area contributed by atoms with Crippen LogP contribution in [0.1, 0.15) is 25.3 Å². The quantitative estimate of drug-likeness (QED) is 0.283. The molecular formula is C11H15ClN6O2. The van der Waals surface area contributed by atoms with Gasteiger partial charge in [0.05, 0.1) is 6.54 Å². The predicted molar refractivity (Wildman–Crippen MR) is 76.8 cm³/mol. The highest BCUT2D eigenvalue weighted by atomic mass is 35.5. The third kappa shape index (κ3) is 5.61. The zero-order chi connectivity index (χ0) is 15.0. The summed E-state index contributed by atoms with van der Waals surface area (Å²) in [6, 6.07) is 3.35. The molecule has 0 bridgehead atoms. The first kappa shape index (κ1) is 15.8. The monoisotopic (exact) mass is 298 g/mol. The molecule has 9 heteroatoms. The van der Waals surface area contributed by atoms with Crippen LogP contribution in [0.15, 0.2) is 28.5 Å². The number of nitrogens with two attached hydrogens (primary N) is 1. The van der Waals surface area contributed by atoms with Gasteiger partial charge in [-0.05, 0) is 18.1 Å². The highest BCUT2D eigenvalue weighted by Gasteiger charge is 2.11. The SMILES string of the molecule is CCC/C=N/N(Cc1ccc(Cl)nc1)/C(N)=N/[N+](=O)[O-]. The molecule has 0 saturated heterocycles. The third-order valence-corrected chi connectivity index (χ3v) is 2.43.